The minimum atomic E-state index is 0.625. The Labute approximate surface area is 101 Å². The fourth-order valence-corrected chi connectivity index (χ4v) is 2.27. The molecule has 3 rings (SSSR count). The quantitative estimate of drug-likeness (QED) is 0.857. The molecule has 1 aliphatic rings. The number of nitrogens with two attached hydrogens (primary N) is 1. The predicted molar refractivity (Wildman–Crippen MR) is 69.8 cm³/mol. The summed E-state index contributed by atoms with van der Waals surface area (Å²) < 4.78 is 2.04. The Morgan fingerprint density at radius 3 is 2.65 bits per heavy atom. The van der Waals surface area contributed by atoms with Crippen molar-refractivity contribution in [1.29, 1.82) is 0 Å². The van der Waals surface area contributed by atoms with Crippen LogP contribution < -0.4 is 5.73 Å². The second-order valence-corrected chi connectivity index (χ2v) is 4.85. The molecule has 2 N–H and O–H groups in total. The molecule has 1 aliphatic carbocycles. The van der Waals surface area contributed by atoms with Crippen molar-refractivity contribution in [1.82, 2.24) is 9.55 Å². The van der Waals surface area contributed by atoms with Gasteiger partial charge in [0.15, 0.2) is 0 Å². The highest BCUT2D eigenvalue weighted by Gasteiger charge is 2.30. The van der Waals surface area contributed by atoms with Gasteiger partial charge in [-0.05, 0) is 25.3 Å². The van der Waals surface area contributed by atoms with Crippen LogP contribution in [0.25, 0.3) is 11.3 Å². The van der Waals surface area contributed by atoms with Gasteiger partial charge in [0, 0.05) is 18.5 Å². The number of aryl methyl sites for hydroxylation is 1. The zero-order valence-corrected chi connectivity index (χ0v) is 10.3. The summed E-state index contributed by atoms with van der Waals surface area (Å²) in [5.41, 5.74) is 9.48. The van der Waals surface area contributed by atoms with Crippen LogP contribution in [0, 0.1) is 6.92 Å². The SMILES string of the molecule is Cc1ccccc1-c1nc(C2CC2)n(C)c1N. The maximum atomic E-state index is 6.17. The summed E-state index contributed by atoms with van der Waals surface area (Å²) >= 11 is 0. The van der Waals surface area contributed by atoms with Crippen LogP contribution in [0.4, 0.5) is 5.82 Å². The van der Waals surface area contributed by atoms with Crippen LogP contribution in [-0.2, 0) is 7.05 Å². The van der Waals surface area contributed by atoms with Gasteiger partial charge in [-0.25, -0.2) is 4.98 Å². The summed E-state index contributed by atoms with van der Waals surface area (Å²) in [7, 11) is 2.01. The van der Waals surface area contributed by atoms with E-state index in [1.165, 1.54) is 18.4 Å². The number of imidazole rings is 1. The third-order valence-electron chi connectivity index (χ3n) is 3.52. The first-order valence-electron chi connectivity index (χ1n) is 6.06. The maximum absolute atomic E-state index is 6.17. The molecule has 2 aromatic rings. The number of nitrogens with zero attached hydrogens (tertiary/aromatic N) is 2. The molecule has 3 nitrogen and oxygen atoms in total. The highest BCUT2D eigenvalue weighted by atomic mass is 15.1. The van der Waals surface area contributed by atoms with E-state index in [-0.39, 0.29) is 0 Å². The molecule has 1 saturated carbocycles. The van der Waals surface area contributed by atoms with Gasteiger partial charge in [-0.15, -0.1) is 0 Å². The van der Waals surface area contributed by atoms with E-state index >= 15 is 0 Å². The van der Waals surface area contributed by atoms with Crippen LogP contribution >= 0.6 is 0 Å². The normalized spacial score (nSPS) is 15.2. The summed E-state index contributed by atoms with van der Waals surface area (Å²) in [5, 5.41) is 0. The lowest BCUT2D eigenvalue weighted by Crippen LogP contribution is -2.00. The molecule has 0 amide bonds. The van der Waals surface area contributed by atoms with Crippen LogP contribution in [0.1, 0.15) is 30.1 Å². The Balaban J connectivity index is 2.15. The van der Waals surface area contributed by atoms with E-state index in [0.29, 0.717) is 5.92 Å². The molecular weight excluding hydrogens is 210 g/mol. The van der Waals surface area contributed by atoms with E-state index in [1.54, 1.807) is 0 Å². The van der Waals surface area contributed by atoms with Crippen molar-refractivity contribution in [3.8, 4) is 11.3 Å². The first-order valence-corrected chi connectivity index (χ1v) is 6.06. The molecule has 0 spiro atoms. The average molecular weight is 227 g/mol. The molecule has 1 fully saturated rings. The fraction of sp³-hybridized carbons (Fsp3) is 0.357. The number of nitrogen functional groups attached to an aromatic ring is 1. The largest absolute Gasteiger partial charge is 0.383 e. The predicted octanol–water partition coefficient (Wildman–Crippen LogP) is 2.86. The second kappa shape index (κ2) is 3.62. The average Bonchev–Trinajstić information content (AvgIpc) is 3.11. The van der Waals surface area contributed by atoms with Gasteiger partial charge in [0.1, 0.15) is 17.3 Å². The lowest BCUT2D eigenvalue weighted by atomic mass is 10.1. The van der Waals surface area contributed by atoms with Crippen LogP contribution in [-0.4, -0.2) is 9.55 Å². The van der Waals surface area contributed by atoms with E-state index in [1.807, 2.05) is 23.7 Å². The van der Waals surface area contributed by atoms with E-state index in [9.17, 15) is 0 Å². The molecule has 88 valence electrons. The smallest absolute Gasteiger partial charge is 0.131 e. The number of benzene rings is 1. The molecule has 1 aromatic carbocycles. The second-order valence-electron chi connectivity index (χ2n) is 4.85. The van der Waals surface area contributed by atoms with Crippen LogP contribution in [0.2, 0.25) is 0 Å². The summed E-state index contributed by atoms with van der Waals surface area (Å²) in [6.45, 7) is 2.10. The molecule has 3 heteroatoms. The minimum Gasteiger partial charge on any atom is -0.383 e. The van der Waals surface area contributed by atoms with E-state index in [0.717, 1.165) is 22.9 Å². The summed E-state index contributed by atoms with van der Waals surface area (Å²) in [5.74, 6) is 2.54. The standard InChI is InChI=1S/C14H17N3/c1-9-5-3-4-6-11(9)12-13(15)17(2)14(16-12)10-7-8-10/h3-6,10H,7-8,15H2,1-2H3. The van der Waals surface area contributed by atoms with Gasteiger partial charge in [-0.1, -0.05) is 24.3 Å². The third kappa shape index (κ3) is 1.62. The summed E-state index contributed by atoms with van der Waals surface area (Å²) in [6.07, 6.45) is 2.50. The highest BCUT2D eigenvalue weighted by molar-refractivity contribution is 5.73. The molecule has 1 heterocycles. The first-order chi connectivity index (χ1) is 8.18. The topological polar surface area (TPSA) is 43.8 Å². The van der Waals surface area contributed by atoms with Gasteiger partial charge in [0.2, 0.25) is 0 Å². The number of aromatic nitrogens is 2. The van der Waals surface area contributed by atoms with Crippen LogP contribution in [0.15, 0.2) is 24.3 Å². The van der Waals surface area contributed by atoms with Gasteiger partial charge in [0.05, 0.1) is 0 Å². The molecule has 0 radical (unpaired) electrons. The molecule has 0 atom stereocenters. The molecule has 0 bridgehead atoms. The van der Waals surface area contributed by atoms with Crippen molar-refractivity contribution in [2.75, 3.05) is 5.73 Å². The number of hydrogen-bond acceptors (Lipinski definition) is 2. The maximum Gasteiger partial charge on any atom is 0.131 e. The van der Waals surface area contributed by atoms with E-state index in [4.69, 9.17) is 10.7 Å². The lowest BCUT2D eigenvalue weighted by molar-refractivity contribution is 0.807. The molecule has 17 heavy (non-hydrogen) atoms. The zero-order chi connectivity index (χ0) is 12.0. The minimum absolute atomic E-state index is 0.625. The lowest BCUT2D eigenvalue weighted by Gasteiger charge is -2.03. The Morgan fingerprint density at radius 1 is 1.29 bits per heavy atom. The number of rotatable bonds is 2. The highest BCUT2D eigenvalue weighted by Crippen LogP contribution is 2.41. The third-order valence-corrected chi connectivity index (χ3v) is 3.52. The monoisotopic (exact) mass is 227 g/mol. The van der Waals surface area contributed by atoms with Gasteiger partial charge < -0.3 is 10.3 Å². The Bertz CT molecular complexity index is 565. The van der Waals surface area contributed by atoms with Crippen molar-refractivity contribution in [3.05, 3.63) is 35.7 Å². The summed E-state index contributed by atoms with van der Waals surface area (Å²) in [4.78, 5) is 4.74. The van der Waals surface area contributed by atoms with E-state index in [2.05, 4.69) is 19.1 Å². The molecule has 0 unspecified atom stereocenters. The van der Waals surface area contributed by atoms with Crippen molar-refractivity contribution >= 4 is 5.82 Å². The van der Waals surface area contributed by atoms with Crippen molar-refractivity contribution < 1.29 is 0 Å². The van der Waals surface area contributed by atoms with Crippen molar-refractivity contribution in [3.63, 3.8) is 0 Å². The first kappa shape index (κ1) is 10.4. The van der Waals surface area contributed by atoms with Crippen molar-refractivity contribution in [2.24, 2.45) is 7.05 Å². The molecule has 0 saturated heterocycles. The van der Waals surface area contributed by atoms with Gasteiger partial charge >= 0.3 is 0 Å². The van der Waals surface area contributed by atoms with Gasteiger partial charge in [-0.2, -0.15) is 0 Å². The number of hydrogen-bond donors (Lipinski definition) is 1. The van der Waals surface area contributed by atoms with Gasteiger partial charge in [-0.3, -0.25) is 0 Å². The zero-order valence-electron chi connectivity index (χ0n) is 10.3. The summed E-state index contributed by atoms with van der Waals surface area (Å²) in [6, 6.07) is 8.26. The van der Waals surface area contributed by atoms with E-state index < -0.39 is 0 Å². The van der Waals surface area contributed by atoms with Crippen LogP contribution in [0.5, 0.6) is 0 Å². The molecule has 1 aromatic heterocycles. The Hall–Kier alpha value is -1.77. The molecular formula is C14H17N3. The number of anilines is 1. The molecule has 0 aliphatic heterocycles. The van der Waals surface area contributed by atoms with Crippen molar-refractivity contribution in [2.45, 2.75) is 25.7 Å². The Morgan fingerprint density at radius 2 is 2.00 bits per heavy atom. The van der Waals surface area contributed by atoms with Crippen LogP contribution in [0.3, 0.4) is 0 Å². The van der Waals surface area contributed by atoms with Gasteiger partial charge in [0.25, 0.3) is 0 Å². The Kier molecular flexibility index (Phi) is 2.21. The fourth-order valence-electron chi connectivity index (χ4n) is 2.27.